The fourth-order valence-electron chi connectivity index (χ4n) is 3.88. The lowest BCUT2D eigenvalue weighted by Gasteiger charge is -2.32. The van der Waals surface area contributed by atoms with Crippen LogP contribution in [0.5, 0.6) is 0 Å². The van der Waals surface area contributed by atoms with Crippen molar-refractivity contribution < 1.29 is 4.79 Å². The molecular formula is C19H24ClN5O. The van der Waals surface area contributed by atoms with E-state index in [1.807, 2.05) is 42.2 Å². The summed E-state index contributed by atoms with van der Waals surface area (Å²) < 4.78 is 1.78. The second-order valence-corrected chi connectivity index (χ2v) is 7.48. The highest BCUT2D eigenvalue weighted by molar-refractivity contribution is 6.30. The van der Waals surface area contributed by atoms with Crippen molar-refractivity contribution in [1.29, 1.82) is 0 Å². The molecule has 26 heavy (non-hydrogen) atoms. The minimum atomic E-state index is 0.0199. The van der Waals surface area contributed by atoms with Crippen LogP contribution >= 0.6 is 11.6 Å². The van der Waals surface area contributed by atoms with Crippen LogP contribution < -0.4 is 5.32 Å². The molecule has 1 aromatic carbocycles. The molecule has 1 N–H and O–H groups in total. The zero-order valence-corrected chi connectivity index (χ0v) is 15.7. The van der Waals surface area contributed by atoms with Crippen LogP contribution in [0.4, 0.5) is 0 Å². The number of carbonyl (C=O) groups excluding carboxylic acids is 1. The molecule has 1 aromatic heterocycles. The van der Waals surface area contributed by atoms with Crippen molar-refractivity contribution in [3.8, 4) is 5.69 Å². The first-order valence-corrected chi connectivity index (χ1v) is 9.56. The normalized spacial score (nSPS) is 21.3. The fraction of sp³-hybridized carbons (Fsp3) is 0.474. The van der Waals surface area contributed by atoms with Gasteiger partial charge in [-0.25, -0.2) is 4.68 Å². The van der Waals surface area contributed by atoms with E-state index >= 15 is 0 Å². The number of aromatic nitrogens is 2. The summed E-state index contributed by atoms with van der Waals surface area (Å²) in [6.07, 6.45) is 1.04. The first kappa shape index (κ1) is 17.5. The van der Waals surface area contributed by atoms with Crippen LogP contribution in [-0.2, 0) is 0 Å². The maximum atomic E-state index is 12.9. The maximum absolute atomic E-state index is 12.9. The van der Waals surface area contributed by atoms with Crippen LogP contribution in [0.25, 0.3) is 5.69 Å². The Morgan fingerprint density at radius 2 is 2.04 bits per heavy atom. The molecular weight excluding hydrogens is 350 g/mol. The van der Waals surface area contributed by atoms with E-state index in [0.29, 0.717) is 16.8 Å². The van der Waals surface area contributed by atoms with E-state index in [9.17, 15) is 4.79 Å². The number of benzene rings is 1. The van der Waals surface area contributed by atoms with Crippen molar-refractivity contribution in [3.63, 3.8) is 0 Å². The monoisotopic (exact) mass is 373 g/mol. The van der Waals surface area contributed by atoms with E-state index in [0.717, 1.165) is 57.1 Å². The van der Waals surface area contributed by atoms with E-state index in [1.54, 1.807) is 4.68 Å². The molecule has 2 aliphatic rings. The number of carbonyl (C=O) groups is 1. The van der Waals surface area contributed by atoms with Gasteiger partial charge in [-0.1, -0.05) is 17.7 Å². The zero-order valence-electron chi connectivity index (χ0n) is 15.0. The Balaban J connectivity index is 1.48. The smallest absolute Gasteiger partial charge is 0.274 e. The van der Waals surface area contributed by atoms with Gasteiger partial charge in [0.1, 0.15) is 0 Å². The van der Waals surface area contributed by atoms with Crippen LogP contribution in [0.15, 0.2) is 30.3 Å². The van der Waals surface area contributed by atoms with Crippen molar-refractivity contribution in [2.24, 2.45) is 0 Å². The highest BCUT2D eigenvalue weighted by atomic mass is 35.5. The molecule has 6 nitrogen and oxygen atoms in total. The summed E-state index contributed by atoms with van der Waals surface area (Å²) in [5.74, 6) is 0.0199. The summed E-state index contributed by atoms with van der Waals surface area (Å²) in [5.41, 5.74) is 2.30. The van der Waals surface area contributed by atoms with Gasteiger partial charge in [-0.2, -0.15) is 5.10 Å². The summed E-state index contributed by atoms with van der Waals surface area (Å²) in [6.45, 7) is 7.75. The summed E-state index contributed by atoms with van der Waals surface area (Å²) in [7, 11) is 0. The predicted molar refractivity (Wildman–Crippen MR) is 102 cm³/mol. The molecule has 0 radical (unpaired) electrons. The van der Waals surface area contributed by atoms with E-state index in [2.05, 4.69) is 15.3 Å². The molecule has 0 aliphatic carbocycles. The minimum absolute atomic E-state index is 0.0199. The largest absolute Gasteiger partial charge is 0.336 e. The average Bonchev–Trinajstić information content (AvgIpc) is 3.29. The highest BCUT2D eigenvalue weighted by Crippen LogP contribution is 2.21. The molecule has 1 atom stereocenters. The van der Waals surface area contributed by atoms with Gasteiger partial charge in [0.05, 0.1) is 5.69 Å². The van der Waals surface area contributed by atoms with E-state index in [-0.39, 0.29) is 5.91 Å². The van der Waals surface area contributed by atoms with Crippen molar-refractivity contribution >= 4 is 17.5 Å². The first-order valence-electron chi connectivity index (χ1n) is 9.18. The molecule has 0 bridgehead atoms. The van der Waals surface area contributed by atoms with Gasteiger partial charge in [-0.3, -0.25) is 9.69 Å². The SMILES string of the molecule is Cc1cc(C(=O)N2CCC(N3CCNCC3)C2)nn1-c1cccc(Cl)c1. The predicted octanol–water partition coefficient (Wildman–Crippen LogP) is 1.95. The quantitative estimate of drug-likeness (QED) is 0.893. The fourth-order valence-corrected chi connectivity index (χ4v) is 4.07. The third-order valence-corrected chi connectivity index (χ3v) is 5.51. The molecule has 2 aromatic rings. The molecule has 3 heterocycles. The molecule has 4 rings (SSSR count). The van der Waals surface area contributed by atoms with Crippen LogP contribution in [-0.4, -0.2) is 70.8 Å². The van der Waals surface area contributed by atoms with Crippen LogP contribution in [0.2, 0.25) is 5.02 Å². The Bertz CT molecular complexity index is 799. The highest BCUT2D eigenvalue weighted by Gasteiger charge is 2.32. The number of hydrogen-bond acceptors (Lipinski definition) is 4. The Morgan fingerprint density at radius 3 is 2.81 bits per heavy atom. The van der Waals surface area contributed by atoms with Crippen molar-refractivity contribution in [1.82, 2.24) is 24.9 Å². The number of likely N-dealkylation sites (tertiary alicyclic amines) is 1. The van der Waals surface area contributed by atoms with Crippen molar-refractivity contribution in [3.05, 3.63) is 46.7 Å². The first-order chi connectivity index (χ1) is 12.6. The summed E-state index contributed by atoms with van der Waals surface area (Å²) >= 11 is 6.08. The molecule has 2 fully saturated rings. The van der Waals surface area contributed by atoms with Gasteiger partial charge >= 0.3 is 0 Å². The topological polar surface area (TPSA) is 53.4 Å². The second kappa shape index (κ2) is 7.39. The number of amides is 1. The number of piperazine rings is 1. The number of nitrogens with one attached hydrogen (secondary N) is 1. The van der Waals surface area contributed by atoms with Gasteiger partial charge in [0, 0.05) is 56.0 Å². The van der Waals surface area contributed by atoms with Gasteiger partial charge < -0.3 is 10.2 Å². The zero-order chi connectivity index (χ0) is 18.1. The van der Waals surface area contributed by atoms with Gasteiger partial charge in [-0.05, 0) is 37.6 Å². The number of aryl methyl sites for hydroxylation is 1. The molecule has 7 heteroatoms. The van der Waals surface area contributed by atoms with Gasteiger partial charge in [-0.15, -0.1) is 0 Å². The molecule has 0 spiro atoms. The summed E-state index contributed by atoms with van der Waals surface area (Å²) in [4.78, 5) is 17.4. The number of hydrogen-bond donors (Lipinski definition) is 1. The maximum Gasteiger partial charge on any atom is 0.274 e. The molecule has 138 valence electrons. The molecule has 0 saturated carbocycles. The Hall–Kier alpha value is -1.89. The number of rotatable bonds is 3. The molecule has 2 saturated heterocycles. The number of halogens is 1. The van der Waals surface area contributed by atoms with E-state index < -0.39 is 0 Å². The lowest BCUT2D eigenvalue weighted by Crippen LogP contribution is -2.49. The van der Waals surface area contributed by atoms with Crippen molar-refractivity contribution in [2.75, 3.05) is 39.3 Å². The Morgan fingerprint density at radius 1 is 1.23 bits per heavy atom. The number of nitrogens with zero attached hydrogens (tertiary/aromatic N) is 4. The third-order valence-electron chi connectivity index (χ3n) is 5.28. The molecule has 2 aliphatic heterocycles. The van der Waals surface area contributed by atoms with Gasteiger partial charge in [0.2, 0.25) is 0 Å². The van der Waals surface area contributed by atoms with E-state index in [1.165, 1.54) is 0 Å². The lowest BCUT2D eigenvalue weighted by atomic mass is 10.2. The van der Waals surface area contributed by atoms with Crippen LogP contribution in [0.3, 0.4) is 0 Å². The van der Waals surface area contributed by atoms with Crippen molar-refractivity contribution in [2.45, 2.75) is 19.4 Å². The third kappa shape index (κ3) is 3.49. The van der Waals surface area contributed by atoms with E-state index in [4.69, 9.17) is 11.6 Å². The lowest BCUT2D eigenvalue weighted by molar-refractivity contribution is 0.0767. The summed E-state index contributed by atoms with van der Waals surface area (Å²) in [5, 5.41) is 8.58. The van der Waals surface area contributed by atoms with Gasteiger partial charge in [0.25, 0.3) is 5.91 Å². The van der Waals surface area contributed by atoms with Crippen LogP contribution in [0, 0.1) is 6.92 Å². The second-order valence-electron chi connectivity index (χ2n) is 7.04. The molecule has 1 amide bonds. The minimum Gasteiger partial charge on any atom is -0.336 e. The Labute approximate surface area is 158 Å². The average molecular weight is 374 g/mol. The summed E-state index contributed by atoms with van der Waals surface area (Å²) in [6, 6.07) is 9.84. The molecule has 1 unspecified atom stereocenters. The Kier molecular flexibility index (Phi) is 4.98. The van der Waals surface area contributed by atoms with Gasteiger partial charge in [0.15, 0.2) is 5.69 Å². The standard InChI is InChI=1S/C19H24ClN5O/c1-14-11-18(22-25(14)16-4-2-3-15(20)12-16)19(26)24-8-5-17(13-24)23-9-6-21-7-10-23/h2-4,11-12,17,21H,5-10,13H2,1H3. The van der Waals surface area contributed by atoms with Crippen LogP contribution in [0.1, 0.15) is 22.6 Å².